The molecule has 1 saturated heterocycles. The van der Waals surface area contributed by atoms with Gasteiger partial charge in [-0.1, -0.05) is 67.4 Å². The van der Waals surface area contributed by atoms with Crippen molar-refractivity contribution in [1.29, 1.82) is 0 Å². The Morgan fingerprint density at radius 3 is 2.32 bits per heavy atom. The van der Waals surface area contributed by atoms with Crippen LogP contribution in [0.1, 0.15) is 77.0 Å². The Morgan fingerprint density at radius 1 is 1.14 bits per heavy atom. The summed E-state index contributed by atoms with van der Waals surface area (Å²) in [4.78, 5) is 16.2. The predicted octanol–water partition coefficient (Wildman–Crippen LogP) is 7.13. The van der Waals surface area contributed by atoms with Gasteiger partial charge in [0.15, 0.2) is 0 Å². The summed E-state index contributed by atoms with van der Waals surface area (Å²) in [7, 11) is -3.60. The van der Waals surface area contributed by atoms with Crippen LogP contribution in [0.5, 0.6) is 0 Å². The van der Waals surface area contributed by atoms with Crippen molar-refractivity contribution in [3.8, 4) is 0 Å². The van der Waals surface area contributed by atoms with Crippen molar-refractivity contribution < 1.29 is 13.2 Å². The number of likely N-dealkylation sites (tertiary alicyclic amines) is 1. The van der Waals surface area contributed by atoms with Gasteiger partial charge in [-0.3, -0.25) is 4.79 Å². The van der Waals surface area contributed by atoms with Gasteiger partial charge in [0.1, 0.15) is 0 Å². The molecule has 0 bridgehead atoms. The van der Waals surface area contributed by atoms with Crippen LogP contribution in [0.3, 0.4) is 0 Å². The average Bonchev–Trinajstić information content (AvgIpc) is 2.82. The zero-order valence-electron chi connectivity index (χ0n) is 22.3. The number of carbonyl (C=O) groups excluding carboxylic acids is 1. The second-order valence-corrected chi connectivity index (χ2v) is 14.5. The number of carbonyl (C=O) groups is 1. The van der Waals surface area contributed by atoms with E-state index >= 15 is 0 Å². The van der Waals surface area contributed by atoms with Crippen LogP contribution in [-0.4, -0.2) is 36.6 Å². The predicted molar refractivity (Wildman–Crippen MR) is 154 cm³/mol. The molecule has 0 aromatic heterocycles. The molecule has 4 atom stereocenters. The first-order valence-electron chi connectivity index (χ1n) is 12.7. The lowest BCUT2D eigenvalue weighted by Crippen LogP contribution is -2.58. The molecule has 1 aliphatic heterocycles. The lowest BCUT2D eigenvalue weighted by atomic mass is 9.67. The number of amides is 1. The van der Waals surface area contributed by atoms with Gasteiger partial charge in [-0.05, 0) is 75.4 Å². The molecular weight excluding hydrogens is 527 g/mol. The summed E-state index contributed by atoms with van der Waals surface area (Å²) >= 11 is 12.6. The van der Waals surface area contributed by atoms with E-state index in [1.54, 1.807) is 26.8 Å². The number of benzene rings is 2. The molecule has 37 heavy (non-hydrogen) atoms. The Bertz CT molecular complexity index is 1220. The fraction of sp³-hybridized carbons (Fsp3) is 0.483. The highest BCUT2D eigenvalue weighted by atomic mass is 35.5. The lowest BCUT2D eigenvalue weighted by Gasteiger charge is -2.52. The quantitative estimate of drug-likeness (QED) is 0.329. The van der Waals surface area contributed by atoms with Gasteiger partial charge in [0.2, 0.25) is 15.9 Å². The van der Waals surface area contributed by atoms with Crippen LogP contribution in [0, 0.1) is 5.41 Å². The zero-order valence-corrected chi connectivity index (χ0v) is 24.6. The molecular formula is C29H38Cl2N2O3S. The Balaban J connectivity index is 2.18. The average molecular weight is 566 g/mol. The highest BCUT2D eigenvalue weighted by Gasteiger charge is 2.51. The van der Waals surface area contributed by atoms with Gasteiger partial charge in [0.05, 0.1) is 16.2 Å². The SMILES string of the molecule is C=CCC1(C)CC(c2cccc(Cl)c2)C(c2ccc(Cl)cc2)N(C(CC)CNS(=O)(=O)C(C)(C)C)C1=O. The number of rotatable bonds is 9. The second kappa shape index (κ2) is 11.5. The minimum absolute atomic E-state index is 0.00700. The van der Waals surface area contributed by atoms with Crippen molar-refractivity contribution in [3.63, 3.8) is 0 Å². The van der Waals surface area contributed by atoms with Gasteiger partial charge < -0.3 is 4.90 Å². The van der Waals surface area contributed by atoms with E-state index in [-0.39, 0.29) is 30.5 Å². The summed E-state index contributed by atoms with van der Waals surface area (Å²) in [5.74, 6) is -0.0803. The molecule has 1 fully saturated rings. The number of nitrogens with one attached hydrogen (secondary N) is 1. The summed E-state index contributed by atoms with van der Waals surface area (Å²) in [6.07, 6.45) is 3.48. The third-order valence-corrected chi connectivity index (χ3v) is 10.0. The molecule has 0 spiro atoms. The monoisotopic (exact) mass is 564 g/mol. The zero-order chi connectivity index (χ0) is 27.6. The fourth-order valence-electron chi connectivity index (χ4n) is 5.15. The minimum Gasteiger partial charge on any atom is -0.330 e. The third-order valence-electron chi connectivity index (χ3n) is 7.37. The molecule has 0 radical (unpaired) electrons. The number of hydrogen-bond donors (Lipinski definition) is 1. The van der Waals surface area contributed by atoms with Crippen LogP contribution in [-0.2, 0) is 14.8 Å². The highest BCUT2D eigenvalue weighted by Crippen LogP contribution is 2.52. The summed E-state index contributed by atoms with van der Waals surface area (Å²) in [5, 5.41) is 1.24. The first-order valence-corrected chi connectivity index (χ1v) is 14.9. The third kappa shape index (κ3) is 6.42. The van der Waals surface area contributed by atoms with Crippen molar-refractivity contribution in [1.82, 2.24) is 9.62 Å². The van der Waals surface area contributed by atoms with E-state index in [9.17, 15) is 13.2 Å². The minimum atomic E-state index is -3.60. The molecule has 202 valence electrons. The number of allylic oxidation sites excluding steroid dienone is 1. The lowest BCUT2D eigenvalue weighted by molar-refractivity contribution is -0.154. The molecule has 1 amide bonds. The Labute approximate surface area is 232 Å². The molecule has 2 aromatic rings. The van der Waals surface area contributed by atoms with Crippen LogP contribution in [0.25, 0.3) is 0 Å². The summed E-state index contributed by atoms with van der Waals surface area (Å²) in [6.45, 7) is 13.0. The number of nitrogens with zero attached hydrogens (tertiary/aromatic N) is 1. The molecule has 8 heteroatoms. The highest BCUT2D eigenvalue weighted by molar-refractivity contribution is 7.90. The first-order chi connectivity index (χ1) is 17.2. The van der Waals surface area contributed by atoms with E-state index in [0.717, 1.165) is 11.1 Å². The molecule has 0 saturated carbocycles. The molecule has 0 aliphatic carbocycles. The van der Waals surface area contributed by atoms with Crippen molar-refractivity contribution in [2.24, 2.45) is 5.41 Å². The van der Waals surface area contributed by atoms with Crippen molar-refractivity contribution in [3.05, 3.63) is 82.4 Å². The topological polar surface area (TPSA) is 66.5 Å². The standard InChI is InChI=1S/C29H38Cl2N2O3S/c1-7-16-29(6)18-25(21-10-9-11-23(31)17-21)26(20-12-14-22(30)15-13-20)33(27(29)34)24(8-2)19-32-37(35,36)28(3,4)5/h7,9-15,17,24-26,32H,1,8,16,18-19H2,2-6H3. The number of halogens is 2. The molecule has 2 aromatic carbocycles. The number of piperidine rings is 1. The second-order valence-electron chi connectivity index (χ2n) is 11.2. The molecule has 3 rings (SSSR count). The van der Waals surface area contributed by atoms with E-state index in [4.69, 9.17) is 23.2 Å². The maximum Gasteiger partial charge on any atom is 0.229 e. The van der Waals surface area contributed by atoms with Crippen LogP contribution in [0.4, 0.5) is 0 Å². The summed E-state index contributed by atoms with van der Waals surface area (Å²) < 4.78 is 27.7. The molecule has 1 aliphatic rings. The molecule has 5 nitrogen and oxygen atoms in total. The molecule has 1 heterocycles. The van der Waals surface area contributed by atoms with Crippen molar-refractivity contribution in [2.45, 2.75) is 76.6 Å². The van der Waals surface area contributed by atoms with Crippen LogP contribution in [0.15, 0.2) is 61.2 Å². The fourth-order valence-corrected chi connectivity index (χ4v) is 6.32. The van der Waals surface area contributed by atoms with Gasteiger partial charge in [-0.2, -0.15) is 0 Å². The van der Waals surface area contributed by atoms with Gasteiger partial charge >= 0.3 is 0 Å². The molecule has 4 unspecified atom stereocenters. The van der Waals surface area contributed by atoms with E-state index in [1.807, 2.05) is 67.3 Å². The van der Waals surface area contributed by atoms with Gasteiger partial charge in [-0.15, -0.1) is 6.58 Å². The summed E-state index contributed by atoms with van der Waals surface area (Å²) in [5.41, 5.74) is 1.28. The largest absolute Gasteiger partial charge is 0.330 e. The molecule has 1 N–H and O–H groups in total. The Kier molecular flexibility index (Phi) is 9.22. The van der Waals surface area contributed by atoms with Crippen molar-refractivity contribution in [2.75, 3.05) is 6.54 Å². The van der Waals surface area contributed by atoms with E-state index in [2.05, 4.69) is 11.3 Å². The van der Waals surface area contributed by atoms with Crippen molar-refractivity contribution >= 4 is 39.1 Å². The maximum absolute atomic E-state index is 14.3. The van der Waals surface area contributed by atoms with Gasteiger partial charge in [0, 0.05) is 28.5 Å². The van der Waals surface area contributed by atoms with E-state index in [0.29, 0.717) is 29.3 Å². The maximum atomic E-state index is 14.3. The summed E-state index contributed by atoms with van der Waals surface area (Å²) in [6, 6.07) is 14.6. The van der Waals surface area contributed by atoms with E-state index in [1.165, 1.54) is 0 Å². The Hall–Kier alpha value is -1.86. The van der Waals surface area contributed by atoms with Crippen LogP contribution < -0.4 is 4.72 Å². The smallest absolute Gasteiger partial charge is 0.229 e. The number of hydrogen-bond acceptors (Lipinski definition) is 3. The van der Waals surface area contributed by atoms with Gasteiger partial charge in [-0.25, -0.2) is 13.1 Å². The number of sulfonamides is 1. The van der Waals surface area contributed by atoms with Crippen LogP contribution in [0.2, 0.25) is 10.0 Å². The van der Waals surface area contributed by atoms with Crippen LogP contribution >= 0.6 is 23.2 Å². The van der Waals surface area contributed by atoms with Gasteiger partial charge in [0.25, 0.3) is 0 Å². The Morgan fingerprint density at radius 2 is 1.78 bits per heavy atom. The first kappa shape index (κ1) is 29.7. The normalized spacial score (nSPS) is 23.6. The van der Waals surface area contributed by atoms with E-state index < -0.39 is 20.2 Å².